The van der Waals surface area contributed by atoms with E-state index in [1.807, 2.05) is 26.0 Å². The number of rotatable bonds is 8. The first-order valence-electron chi connectivity index (χ1n) is 8.64. The Balaban J connectivity index is 1.74. The van der Waals surface area contributed by atoms with E-state index in [2.05, 4.69) is 20.4 Å². The quantitative estimate of drug-likeness (QED) is 0.707. The van der Waals surface area contributed by atoms with Crippen LogP contribution in [0.15, 0.2) is 6.33 Å². The number of likely N-dealkylation sites (N-methyl/N-ethyl adjacent to an activating group) is 1. The number of carbonyl (C=O) groups excluding carboxylic acids is 2. The van der Waals surface area contributed by atoms with Crippen LogP contribution in [0.1, 0.15) is 25.1 Å². The summed E-state index contributed by atoms with van der Waals surface area (Å²) in [4.78, 5) is 29.8. The maximum atomic E-state index is 12.2. The van der Waals surface area contributed by atoms with Gasteiger partial charge in [-0.2, -0.15) is 0 Å². The van der Waals surface area contributed by atoms with Crippen molar-refractivity contribution in [3.05, 3.63) is 12.2 Å². The van der Waals surface area contributed by atoms with Crippen LogP contribution in [0.25, 0.3) is 0 Å². The number of likely N-dealkylation sites (tertiary alicyclic amines) is 1. The second kappa shape index (κ2) is 8.80. The second-order valence-corrected chi connectivity index (χ2v) is 6.82. The van der Waals surface area contributed by atoms with E-state index in [0.717, 1.165) is 31.8 Å². The maximum absolute atomic E-state index is 12.2. The molecule has 0 radical (unpaired) electrons. The topological polar surface area (TPSA) is 86.6 Å². The number of carbonyl (C=O) groups is 2. The molecular weight excluding hydrogens is 322 g/mol. The van der Waals surface area contributed by atoms with E-state index in [-0.39, 0.29) is 18.0 Å². The van der Waals surface area contributed by atoms with Crippen LogP contribution in [0.3, 0.4) is 0 Å². The smallest absolute Gasteiger partial charge is 0.317 e. The van der Waals surface area contributed by atoms with Gasteiger partial charge in [-0.1, -0.05) is 0 Å². The monoisotopic (exact) mass is 351 g/mol. The summed E-state index contributed by atoms with van der Waals surface area (Å²) in [6.45, 7) is 2.56. The highest BCUT2D eigenvalue weighted by molar-refractivity contribution is 5.78. The molecule has 1 saturated heterocycles. The molecule has 1 aromatic heterocycles. The first-order chi connectivity index (χ1) is 11.9. The lowest BCUT2D eigenvalue weighted by Gasteiger charge is -2.26. The van der Waals surface area contributed by atoms with Crippen LogP contribution in [-0.4, -0.2) is 88.2 Å². The lowest BCUT2D eigenvalue weighted by molar-refractivity contribution is -0.129. The summed E-state index contributed by atoms with van der Waals surface area (Å²) < 4.78 is 1.79. The highest BCUT2D eigenvalue weighted by Crippen LogP contribution is 2.20. The van der Waals surface area contributed by atoms with E-state index in [9.17, 15) is 9.59 Å². The van der Waals surface area contributed by atoms with Crippen LogP contribution in [0.4, 0.5) is 4.79 Å². The molecule has 1 aromatic rings. The van der Waals surface area contributed by atoms with Gasteiger partial charge in [-0.05, 0) is 26.9 Å². The fourth-order valence-electron chi connectivity index (χ4n) is 2.92. The standard InChI is InChI=1S/C16H29N7O2/c1-20(2)9-10-23-13(5-6-15(23)24)7-8-17-16(25)21(3)11-14-19-18-12-22(14)4/h12-13H,5-11H2,1-4H3,(H,17,25)/t13-/m0/s1. The van der Waals surface area contributed by atoms with Gasteiger partial charge in [0.25, 0.3) is 0 Å². The summed E-state index contributed by atoms with van der Waals surface area (Å²) in [5.74, 6) is 0.950. The third-order valence-corrected chi connectivity index (χ3v) is 4.52. The molecule has 9 nitrogen and oxygen atoms in total. The average molecular weight is 351 g/mol. The molecule has 25 heavy (non-hydrogen) atoms. The normalized spacial score (nSPS) is 17.4. The lowest BCUT2D eigenvalue weighted by Crippen LogP contribution is -2.42. The largest absolute Gasteiger partial charge is 0.338 e. The zero-order valence-electron chi connectivity index (χ0n) is 15.6. The number of amides is 3. The first kappa shape index (κ1) is 19.2. The summed E-state index contributed by atoms with van der Waals surface area (Å²) in [6, 6.07) is 0.0731. The highest BCUT2D eigenvalue weighted by Gasteiger charge is 2.30. The van der Waals surface area contributed by atoms with Crippen molar-refractivity contribution in [3.63, 3.8) is 0 Å². The van der Waals surface area contributed by atoms with Crippen molar-refractivity contribution in [1.82, 2.24) is 34.8 Å². The van der Waals surface area contributed by atoms with Gasteiger partial charge in [0.15, 0.2) is 5.82 Å². The van der Waals surface area contributed by atoms with Crippen LogP contribution in [0.2, 0.25) is 0 Å². The molecule has 1 aliphatic heterocycles. The van der Waals surface area contributed by atoms with E-state index in [1.165, 1.54) is 0 Å². The molecule has 1 atom stereocenters. The van der Waals surface area contributed by atoms with Crippen LogP contribution < -0.4 is 5.32 Å². The lowest BCUT2D eigenvalue weighted by atomic mass is 10.1. The summed E-state index contributed by atoms with van der Waals surface area (Å²) in [7, 11) is 7.58. The Bertz CT molecular complexity index is 587. The van der Waals surface area contributed by atoms with Crippen LogP contribution in [0.5, 0.6) is 0 Å². The predicted molar refractivity (Wildman–Crippen MR) is 93.8 cm³/mol. The van der Waals surface area contributed by atoms with E-state index in [1.54, 1.807) is 22.8 Å². The second-order valence-electron chi connectivity index (χ2n) is 6.82. The molecular formula is C16H29N7O2. The highest BCUT2D eigenvalue weighted by atomic mass is 16.2. The molecule has 1 fully saturated rings. The fraction of sp³-hybridized carbons (Fsp3) is 0.750. The van der Waals surface area contributed by atoms with Gasteiger partial charge in [0.05, 0.1) is 6.54 Å². The summed E-state index contributed by atoms with van der Waals surface area (Å²) in [5, 5.41) is 10.7. The minimum atomic E-state index is -0.146. The van der Waals surface area contributed by atoms with Crippen molar-refractivity contribution >= 4 is 11.9 Å². The minimum absolute atomic E-state index is 0.146. The van der Waals surface area contributed by atoms with Gasteiger partial charge in [0, 0.05) is 46.2 Å². The molecule has 0 spiro atoms. The SMILES string of the molecule is CN(C)CCN1C(=O)CC[C@H]1CCNC(=O)N(C)Cc1nncn1C. The Morgan fingerprint density at radius 3 is 2.80 bits per heavy atom. The maximum Gasteiger partial charge on any atom is 0.317 e. The Kier molecular flexibility index (Phi) is 6.74. The van der Waals surface area contributed by atoms with Crippen LogP contribution in [0, 0.1) is 0 Å². The molecule has 0 saturated carbocycles. The molecule has 2 heterocycles. The number of aryl methyl sites for hydroxylation is 1. The van der Waals surface area contributed by atoms with Crippen molar-refractivity contribution in [2.24, 2.45) is 7.05 Å². The molecule has 0 aliphatic carbocycles. The number of nitrogens with one attached hydrogen (secondary N) is 1. The van der Waals surface area contributed by atoms with E-state index < -0.39 is 0 Å². The Hall–Kier alpha value is -2.16. The fourth-order valence-corrected chi connectivity index (χ4v) is 2.92. The predicted octanol–water partition coefficient (Wildman–Crippen LogP) is -0.101. The average Bonchev–Trinajstić information content (AvgIpc) is 3.11. The molecule has 3 amide bonds. The van der Waals surface area contributed by atoms with Gasteiger partial charge < -0.3 is 24.6 Å². The molecule has 0 aromatic carbocycles. The van der Waals surface area contributed by atoms with Crippen LogP contribution >= 0.6 is 0 Å². The number of hydrogen-bond acceptors (Lipinski definition) is 5. The molecule has 1 aliphatic rings. The number of hydrogen-bond donors (Lipinski definition) is 1. The molecule has 140 valence electrons. The number of nitrogens with zero attached hydrogens (tertiary/aromatic N) is 6. The number of aromatic nitrogens is 3. The van der Waals surface area contributed by atoms with E-state index in [0.29, 0.717) is 19.5 Å². The van der Waals surface area contributed by atoms with Gasteiger partial charge in [-0.25, -0.2) is 4.79 Å². The van der Waals surface area contributed by atoms with Gasteiger partial charge in [0.2, 0.25) is 5.91 Å². The third kappa shape index (κ3) is 5.42. The third-order valence-electron chi connectivity index (χ3n) is 4.52. The summed E-state index contributed by atoms with van der Waals surface area (Å²) in [5.41, 5.74) is 0. The van der Waals surface area contributed by atoms with Gasteiger partial charge in [0.1, 0.15) is 6.33 Å². The van der Waals surface area contributed by atoms with Crippen molar-refractivity contribution in [1.29, 1.82) is 0 Å². The minimum Gasteiger partial charge on any atom is -0.338 e. The molecule has 2 rings (SSSR count). The molecule has 1 N–H and O–H groups in total. The van der Waals surface area contributed by atoms with E-state index in [4.69, 9.17) is 0 Å². The summed E-state index contributed by atoms with van der Waals surface area (Å²) >= 11 is 0. The first-order valence-corrected chi connectivity index (χ1v) is 8.64. The molecule has 0 unspecified atom stereocenters. The Morgan fingerprint density at radius 2 is 2.16 bits per heavy atom. The zero-order chi connectivity index (χ0) is 18.4. The van der Waals surface area contributed by atoms with Gasteiger partial charge in [-0.15, -0.1) is 10.2 Å². The van der Waals surface area contributed by atoms with Crippen LogP contribution in [-0.2, 0) is 18.4 Å². The van der Waals surface area contributed by atoms with Gasteiger partial charge >= 0.3 is 6.03 Å². The van der Waals surface area contributed by atoms with Crippen molar-refractivity contribution in [2.45, 2.75) is 31.8 Å². The van der Waals surface area contributed by atoms with Gasteiger partial charge in [-0.3, -0.25) is 4.79 Å². The van der Waals surface area contributed by atoms with Crippen molar-refractivity contribution < 1.29 is 9.59 Å². The van der Waals surface area contributed by atoms with E-state index >= 15 is 0 Å². The molecule has 0 bridgehead atoms. The molecule has 9 heteroatoms. The Labute approximate surface area is 149 Å². The Morgan fingerprint density at radius 1 is 1.40 bits per heavy atom. The number of urea groups is 1. The van der Waals surface area contributed by atoms with Crippen molar-refractivity contribution in [2.75, 3.05) is 40.8 Å². The summed E-state index contributed by atoms with van der Waals surface area (Å²) in [6.07, 6.45) is 3.87. The zero-order valence-corrected chi connectivity index (χ0v) is 15.6. The van der Waals surface area contributed by atoms with Crippen molar-refractivity contribution in [3.8, 4) is 0 Å².